The SMILES string of the molecule is CC(O)CNCC(O)c1ccsc1. The molecular weight excluding hydrogens is 186 g/mol. The van der Waals surface area contributed by atoms with Crippen LogP contribution < -0.4 is 5.32 Å². The van der Waals surface area contributed by atoms with Gasteiger partial charge in [-0.1, -0.05) is 0 Å². The number of rotatable bonds is 5. The van der Waals surface area contributed by atoms with Crippen molar-refractivity contribution in [1.29, 1.82) is 0 Å². The average molecular weight is 201 g/mol. The first-order chi connectivity index (χ1) is 6.20. The molecule has 0 aliphatic rings. The van der Waals surface area contributed by atoms with Gasteiger partial charge in [0.05, 0.1) is 12.2 Å². The molecule has 0 bridgehead atoms. The minimum Gasteiger partial charge on any atom is -0.392 e. The Morgan fingerprint density at radius 3 is 2.77 bits per heavy atom. The number of aliphatic hydroxyl groups is 2. The number of hydrogen-bond donors (Lipinski definition) is 3. The van der Waals surface area contributed by atoms with E-state index in [1.54, 1.807) is 18.3 Å². The van der Waals surface area contributed by atoms with E-state index in [1.807, 2.05) is 16.8 Å². The van der Waals surface area contributed by atoms with E-state index in [0.29, 0.717) is 13.1 Å². The number of aliphatic hydroxyl groups excluding tert-OH is 2. The number of thiophene rings is 1. The van der Waals surface area contributed by atoms with Gasteiger partial charge in [-0.25, -0.2) is 0 Å². The molecule has 0 aliphatic carbocycles. The van der Waals surface area contributed by atoms with Crippen LogP contribution in [0.4, 0.5) is 0 Å². The van der Waals surface area contributed by atoms with Crippen LogP contribution in [0, 0.1) is 0 Å². The zero-order valence-corrected chi connectivity index (χ0v) is 8.42. The van der Waals surface area contributed by atoms with Crippen molar-refractivity contribution in [2.24, 2.45) is 0 Å². The van der Waals surface area contributed by atoms with Gasteiger partial charge in [-0.15, -0.1) is 0 Å². The second kappa shape index (κ2) is 5.34. The van der Waals surface area contributed by atoms with Crippen LogP contribution in [-0.2, 0) is 0 Å². The Hall–Kier alpha value is -0.420. The van der Waals surface area contributed by atoms with Gasteiger partial charge in [-0.2, -0.15) is 11.3 Å². The molecule has 4 heteroatoms. The Bertz CT molecular complexity index is 224. The molecule has 0 fully saturated rings. The summed E-state index contributed by atoms with van der Waals surface area (Å²) in [6.45, 7) is 2.72. The van der Waals surface area contributed by atoms with Crippen molar-refractivity contribution in [2.75, 3.05) is 13.1 Å². The van der Waals surface area contributed by atoms with Crippen molar-refractivity contribution >= 4 is 11.3 Å². The minimum absolute atomic E-state index is 0.366. The number of nitrogens with one attached hydrogen (secondary N) is 1. The van der Waals surface area contributed by atoms with E-state index in [2.05, 4.69) is 5.32 Å². The summed E-state index contributed by atoms with van der Waals surface area (Å²) in [5, 5.41) is 25.4. The summed E-state index contributed by atoms with van der Waals surface area (Å²) in [7, 11) is 0. The van der Waals surface area contributed by atoms with E-state index >= 15 is 0 Å². The second-order valence-electron chi connectivity index (χ2n) is 3.08. The third-order valence-electron chi connectivity index (χ3n) is 1.71. The third-order valence-corrected chi connectivity index (χ3v) is 2.41. The predicted molar refractivity (Wildman–Crippen MR) is 53.8 cm³/mol. The normalized spacial score (nSPS) is 15.6. The Labute approximate surface area is 82.0 Å². The molecule has 0 radical (unpaired) electrons. The maximum atomic E-state index is 9.58. The monoisotopic (exact) mass is 201 g/mol. The lowest BCUT2D eigenvalue weighted by atomic mass is 10.2. The van der Waals surface area contributed by atoms with Crippen LogP contribution in [0.15, 0.2) is 16.8 Å². The van der Waals surface area contributed by atoms with Crippen LogP contribution in [0.2, 0.25) is 0 Å². The van der Waals surface area contributed by atoms with Gasteiger partial charge < -0.3 is 15.5 Å². The average Bonchev–Trinajstić information content (AvgIpc) is 2.55. The first-order valence-electron chi connectivity index (χ1n) is 4.29. The van der Waals surface area contributed by atoms with Gasteiger partial charge >= 0.3 is 0 Å². The van der Waals surface area contributed by atoms with E-state index in [0.717, 1.165) is 5.56 Å². The van der Waals surface area contributed by atoms with Gasteiger partial charge in [0, 0.05) is 13.1 Å². The van der Waals surface area contributed by atoms with Gasteiger partial charge in [-0.05, 0) is 29.3 Å². The smallest absolute Gasteiger partial charge is 0.0922 e. The summed E-state index contributed by atoms with van der Waals surface area (Å²) in [5.41, 5.74) is 0.933. The molecule has 74 valence electrons. The molecule has 0 spiro atoms. The molecule has 1 heterocycles. The molecule has 0 saturated heterocycles. The lowest BCUT2D eigenvalue weighted by molar-refractivity contribution is 0.155. The van der Waals surface area contributed by atoms with Crippen molar-refractivity contribution in [3.63, 3.8) is 0 Å². The van der Waals surface area contributed by atoms with Crippen molar-refractivity contribution < 1.29 is 10.2 Å². The summed E-state index contributed by atoms with van der Waals surface area (Å²) in [5.74, 6) is 0. The van der Waals surface area contributed by atoms with Crippen LogP contribution in [0.1, 0.15) is 18.6 Å². The Kier molecular flexibility index (Phi) is 4.38. The molecule has 2 unspecified atom stereocenters. The topological polar surface area (TPSA) is 52.5 Å². The molecule has 0 saturated carbocycles. The van der Waals surface area contributed by atoms with Crippen LogP contribution in [0.25, 0.3) is 0 Å². The molecule has 2 atom stereocenters. The summed E-state index contributed by atoms with van der Waals surface area (Å²) in [6, 6.07) is 1.90. The molecule has 1 aromatic rings. The van der Waals surface area contributed by atoms with Gasteiger partial charge in [0.2, 0.25) is 0 Å². The zero-order chi connectivity index (χ0) is 9.68. The van der Waals surface area contributed by atoms with Crippen molar-refractivity contribution in [3.8, 4) is 0 Å². The molecule has 1 rings (SSSR count). The van der Waals surface area contributed by atoms with E-state index in [-0.39, 0.29) is 6.10 Å². The molecule has 3 nitrogen and oxygen atoms in total. The van der Waals surface area contributed by atoms with Gasteiger partial charge in [0.1, 0.15) is 0 Å². The fourth-order valence-corrected chi connectivity index (χ4v) is 1.72. The second-order valence-corrected chi connectivity index (χ2v) is 3.86. The van der Waals surface area contributed by atoms with Gasteiger partial charge in [-0.3, -0.25) is 0 Å². The van der Waals surface area contributed by atoms with Crippen LogP contribution in [-0.4, -0.2) is 29.4 Å². The fourth-order valence-electron chi connectivity index (χ4n) is 1.01. The summed E-state index contributed by atoms with van der Waals surface area (Å²) >= 11 is 1.57. The first-order valence-corrected chi connectivity index (χ1v) is 5.23. The standard InChI is InChI=1S/C9H15NO2S/c1-7(11)4-10-5-9(12)8-2-3-13-6-8/h2-3,6-7,9-12H,4-5H2,1H3. The van der Waals surface area contributed by atoms with Crippen molar-refractivity contribution in [2.45, 2.75) is 19.1 Å². The van der Waals surface area contributed by atoms with Gasteiger partial charge in [0.15, 0.2) is 0 Å². The van der Waals surface area contributed by atoms with Crippen LogP contribution >= 0.6 is 11.3 Å². The summed E-state index contributed by atoms with van der Waals surface area (Å²) < 4.78 is 0. The molecular formula is C9H15NO2S. The fraction of sp³-hybridized carbons (Fsp3) is 0.556. The van der Waals surface area contributed by atoms with Crippen molar-refractivity contribution in [3.05, 3.63) is 22.4 Å². The zero-order valence-electron chi connectivity index (χ0n) is 7.60. The quantitative estimate of drug-likeness (QED) is 0.659. The highest BCUT2D eigenvalue weighted by atomic mass is 32.1. The predicted octanol–water partition coefficient (Wildman–Crippen LogP) is 0.752. The Morgan fingerprint density at radius 2 is 2.23 bits per heavy atom. The lowest BCUT2D eigenvalue weighted by Crippen LogP contribution is -2.28. The van der Waals surface area contributed by atoms with E-state index in [1.165, 1.54) is 0 Å². The van der Waals surface area contributed by atoms with E-state index in [4.69, 9.17) is 5.11 Å². The minimum atomic E-state index is -0.468. The molecule has 0 amide bonds. The summed E-state index contributed by atoms with van der Waals surface area (Å²) in [6.07, 6.45) is -0.834. The highest BCUT2D eigenvalue weighted by Gasteiger charge is 2.06. The molecule has 0 aromatic carbocycles. The molecule has 1 aromatic heterocycles. The highest BCUT2D eigenvalue weighted by molar-refractivity contribution is 7.07. The van der Waals surface area contributed by atoms with Crippen molar-refractivity contribution in [1.82, 2.24) is 5.32 Å². The third kappa shape index (κ3) is 3.87. The highest BCUT2D eigenvalue weighted by Crippen LogP contribution is 2.14. The maximum Gasteiger partial charge on any atom is 0.0922 e. The largest absolute Gasteiger partial charge is 0.392 e. The Morgan fingerprint density at radius 1 is 1.46 bits per heavy atom. The molecule has 3 N–H and O–H groups in total. The number of hydrogen-bond acceptors (Lipinski definition) is 4. The van der Waals surface area contributed by atoms with E-state index < -0.39 is 6.10 Å². The molecule has 0 aliphatic heterocycles. The maximum absolute atomic E-state index is 9.58. The molecule has 13 heavy (non-hydrogen) atoms. The summed E-state index contributed by atoms with van der Waals surface area (Å²) in [4.78, 5) is 0. The van der Waals surface area contributed by atoms with Gasteiger partial charge in [0.25, 0.3) is 0 Å². The van der Waals surface area contributed by atoms with E-state index in [9.17, 15) is 5.11 Å². The Balaban J connectivity index is 2.22. The van der Waals surface area contributed by atoms with Crippen LogP contribution in [0.3, 0.4) is 0 Å². The van der Waals surface area contributed by atoms with Crippen LogP contribution in [0.5, 0.6) is 0 Å². The first kappa shape index (κ1) is 10.7. The lowest BCUT2D eigenvalue weighted by Gasteiger charge is -2.11.